The second kappa shape index (κ2) is 8.62. The van der Waals surface area contributed by atoms with E-state index in [2.05, 4.69) is 10.4 Å². The molecule has 138 valence electrons. The van der Waals surface area contributed by atoms with Gasteiger partial charge in [0.15, 0.2) is 0 Å². The van der Waals surface area contributed by atoms with Gasteiger partial charge in [0.25, 0.3) is 5.56 Å². The number of carbonyl (C=O) groups is 1. The first-order chi connectivity index (χ1) is 12.7. The van der Waals surface area contributed by atoms with Crippen LogP contribution in [0.2, 0.25) is 0 Å². The number of aromatic nitrogens is 2. The van der Waals surface area contributed by atoms with Gasteiger partial charge in [-0.2, -0.15) is 5.10 Å². The first kappa shape index (κ1) is 18.1. The summed E-state index contributed by atoms with van der Waals surface area (Å²) >= 11 is 0. The SMILES string of the molecule is COCCn1ncc(N2CCC(C(=O)NCc3ccccc3)C2)cc1=O. The van der Waals surface area contributed by atoms with E-state index in [1.54, 1.807) is 19.4 Å². The highest BCUT2D eigenvalue weighted by atomic mass is 16.5. The Labute approximate surface area is 152 Å². The van der Waals surface area contributed by atoms with Gasteiger partial charge in [0.1, 0.15) is 0 Å². The van der Waals surface area contributed by atoms with Gasteiger partial charge in [-0.1, -0.05) is 30.3 Å². The van der Waals surface area contributed by atoms with Crippen LogP contribution in [-0.2, 0) is 22.6 Å². The highest BCUT2D eigenvalue weighted by molar-refractivity contribution is 5.80. The van der Waals surface area contributed by atoms with Gasteiger partial charge < -0.3 is 15.0 Å². The molecule has 1 aromatic carbocycles. The van der Waals surface area contributed by atoms with Crippen LogP contribution in [0.15, 0.2) is 47.4 Å². The van der Waals surface area contributed by atoms with Crippen molar-refractivity contribution in [1.29, 1.82) is 0 Å². The number of ether oxygens (including phenoxy) is 1. The molecule has 1 saturated heterocycles. The van der Waals surface area contributed by atoms with Crippen molar-refractivity contribution in [3.8, 4) is 0 Å². The second-order valence-corrected chi connectivity index (χ2v) is 6.40. The quantitative estimate of drug-likeness (QED) is 0.802. The minimum absolute atomic E-state index is 0.0535. The van der Waals surface area contributed by atoms with Crippen LogP contribution in [0, 0.1) is 5.92 Å². The Morgan fingerprint density at radius 3 is 2.88 bits per heavy atom. The maximum Gasteiger partial charge on any atom is 0.268 e. The van der Waals surface area contributed by atoms with Gasteiger partial charge in [0.05, 0.1) is 31.0 Å². The maximum atomic E-state index is 12.4. The topological polar surface area (TPSA) is 76.5 Å². The normalized spacial score (nSPS) is 16.7. The molecule has 1 N–H and O–H groups in total. The summed E-state index contributed by atoms with van der Waals surface area (Å²) in [6.45, 7) is 2.75. The van der Waals surface area contributed by atoms with E-state index in [0.29, 0.717) is 26.2 Å². The molecule has 2 aromatic rings. The van der Waals surface area contributed by atoms with Gasteiger partial charge in [-0.05, 0) is 12.0 Å². The van der Waals surface area contributed by atoms with Crippen molar-refractivity contribution < 1.29 is 9.53 Å². The van der Waals surface area contributed by atoms with Crippen molar-refractivity contribution in [3.05, 3.63) is 58.5 Å². The highest BCUT2D eigenvalue weighted by Crippen LogP contribution is 2.22. The van der Waals surface area contributed by atoms with E-state index in [1.165, 1.54) is 4.68 Å². The highest BCUT2D eigenvalue weighted by Gasteiger charge is 2.28. The van der Waals surface area contributed by atoms with Crippen LogP contribution >= 0.6 is 0 Å². The molecule has 3 rings (SSSR count). The lowest BCUT2D eigenvalue weighted by Crippen LogP contribution is -2.33. The lowest BCUT2D eigenvalue weighted by molar-refractivity contribution is -0.124. The number of benzene rings is 1. The van der Waals surface area contributed by atoms with Crippen LogP contribution in [0.5, 0.6) is 0 Å². The molecule has 2 heterocycles. The molecule has 0 bridgehead atoms. The molecule has 26 heavy (non-hydrogen) atoms. The number of rotatable bonds is 7. The molecule has 7 nitrogen and oxygen atoms in total. The molecule has 7 heteroatoms. The Hall–Kier alpha value is -2.67. The smallest absolute Gasteiger partial charge is 0.268 e. The van der Waals surface area contributed by atoms with Gasteiger partial charge in [-0.3, -0.25) is 9.59 Å². The first-order valence-corrected chi connectivity index (χ1v) is 8.80. The number of hydrogen-bond acceptors (Lipinski definition) is 5. The Morgan fingerprint density at radius 2 is 2.15 bits per heavy atom. The van der Waals surface area contributed by atoms with Gasteiger partial charge in [0, 0.05) is 32.8 Å². The van der Waals surface area contributed by atoms with Crippen molar-refractivity contribution in [2.45, 2.75) is 19.5 Å². The van der Waals surface area contributed by atoms with E-state index in [4.69, 9.17) is 4.74 Å². The Kier molecular flexibility index (Phi) is 6.01. The minimum Gasteiger partial charge on any atom is -0.383 e. The van der Waals surface area contributed by atoms with Crippen LogP contribution in [-0.4, -0.2) is 42.5 Å². The fraction of sp³-hybridized carbons (Fsp3) is 0.421. The number of amides is 1. The number of carbonyl (C=O) groups excluding carboxylic acids is 1. The molecule has 1 aromatic heterocycles. The van der Waals surface area contributed by atoms with Crippen molar-refractivity contribution in [1.82, 2.24) is 15.1 Å². The van der Waals surface area contributed by atoms with Crippen molar-refractivity contribution in [2.75, 3.05) is 31.7 Å². The lowest BCUT2D eigenvalue weighted by atomic mass is 10.1. The monoisotopic (exact) mass is 356 g/mol. The summed E-state index contributed by atoms with van der Waals surface area (Å²) in [5, 5.41) is 7.18. The zero-order chi connectivity index (χ0) is 18.4. The minimum atomic E-state index is -0.156. The first-order valence-electron chi connectivity index (χ1n) is 8.80. The molecule has 1 amide bonds. The summed E-state index contributed by atoms with van der Waals surface area (Å²) in [5.74, 6) is -0.0209. The zero-order valence-electron chi connectivity index (χ0n) is 14.9. The van der Waals surface area contributed by atoms with E-state index in [0.717, 1.165) is 24.2 Å². The van der Waals surface area contributed by atoms with Crippen LogP contribution in [0.25, 0.3) is 0 Å². The van der Waals surface area contributed by atoms with E-state index < -0.39 is 0 Å². The van der Waals surface area contributed by atoms with Crippen molar-refractivity contribution >= 4 is 11.6 Å². The van der Waals surface area contributed by atoms with Crippen LogP contribution in [0.3, 0.4) is 0 Å². The molecule has 1 unspecified atom stereocenters. The number of nitrogens with zero attached hydrogens (tertiary/aromatic N) is 3. The number of nitrogens with one attached hydrogen (secondary N) is 1. The summed E-state index contributed by atoms with van der Waals surface area (Å²) in [4.78, 5) is 26.6. The molecule has 1 atom stereocenters. The Balaban J connectivity index is 1.55. The predicted octanol–water partition coefficient (Wildman–Crippen LogP) is 1.03. The molecule has 1 aliphatic rings. The van der Waals surface area contributed by atoms with Gasteiger partial charge in [-0.15, -0.1) is 0 Å². The van der Waals surface area contributed by atoms with Crippen LogP contribution in [0.4, 0.5) is 5.69 Å². The predicted molar refractivity (Wildman–Crippen MR) is 99.0 cm³/mol. The summed E-state index contributed by atoms with van der Waals surface area (Å²) in [7, 11) is 1.59. The maximum absolute atomic E-state index is 12.4. The third-order valence-corrected chi connectivity index (χ3v) is 4.60. The van der Waals surface area contributed by atoms with Gasteiger partial charge in [0.2, 0.25) is 5.91 Å². The number of methoxy groups -OCH3 is 1. The number of hydrogen-bond donors (Lipinski definition) is 1. The molecule has 0 spiro atoms. The van der Waals surface area contributed by atoms with E-state index in [9.17, 15) is 9.59 Å². The van der Waals surface area contributed by atoms with Crippen LogP contribution < -0.4 is 15.8 Å². The molecular weight excluding hydrogens is 332 g/mol. The van der Waals surface area contributed by atoms with Crippen molar-refractivity contribution in [3.63, 3.8) is 0 Å². The third-order valence-electron chi connectivity index (χ3n) is 4.60. The van der Waals surface area contributed by atoms with E-state index in [1.807, 2.05) is 35.2 Å². The standard InChI is InChI=1S/C19H24N4O3/c1-26-10-9-23-18(24)11-17(13-21-23)22-8-7-16(14-22)19(25)20-12-15-5-3-2-4-6-15/h2-6,11,13,16H,7-10,12,14H2,1H3,(H,20,25). The molecule has 1 fully saturated rings. The van der Waals surface area contributed by atoms with Crippen LogP contribution in [0.1, 0.15) is 12.0 Å². The summed E-state index contributed by atoms with van der Waals surface area (Å²) in [6.07, 6.45) is 2.45. The zero-order valence-corrected chi connectivity index (χ0v) is 14.9. The molecule has 0 saturated carbocycles. The third kappa shape index (κ3) is 4.49. The second-order valence-electron chi connectivity index (χ2n) is 6.40. The van der Waals surface area contributed by atoms with E-state index >= 15 is 0 Å². The summed E-state index contributed by atoms with van der Waals surface area (Å²) in [6, 6.07) is 11.4. The molecule has 1 aliphatic heterocycles. The fourth-order valence-corrected chi connectivity index (χ4v) is 3.08. The summed E-state index contributed by atoms with van der Waals surface area (Å²) in [5.41, 5.74) is 1.69. The molecular formula is C19H24N4O3. The lowest BCUT2D eigenvalue weighted by Gasteiger charge is -2.18. The Morgan fingerprint density at radius 1 is 1.35 bits per heavy atom. The average molecular weight is 356 g/mol. The van der Waals surface area contributed by atoms with Gasteiger partial charge in [-0.25, -0.2) is 4.68 Å². The van der Waals surface area contributed by atoms with E-state index in [-0.39, 0.29) is 17.4 Å². The van der Waals surface area contributed by atoms with Crippen molar-refractivity contribution in [2.24, 2.45) is 5.92 Å². The fourth-order valence-electron chi connectivity index (χ4n) is 3.08. The molecule has 0 radical (unpaired) electrons. The average Bonchev–Trinajstić information content (AvgIpc) is 3.16. The summed E-state index contributed by atoms with van der Waals surface area (Å²) < 4.78 is 6.35. The Bertz CT molecular complexity index is 791. The van der Waals surface area contributed by atoms with Gasteiger partial charge >= 0.3 is 0 Å². The number of anilines is 1. The largest absolute Gasteiger partial charge is 0.383 e. The molecule has 0 aliphatic carbocycles.